The Balaban J connectivity index is 0. The summed E-state index contributed by atoms with van der Waals surface area (Å²) in [5, 5.41) is -7.40. The van der Waals surface area contributed by atoms with E-state index in [9.17, 15) is 61.3 Å². The molecule has 0 aliphatic carbocycles. The lowest BCUT2D eigenvalue weighted by atomic mass is 10.0. The Hall–Kier alpha value is -0.900. The number of hydrogen-bond donors (Lipinski definition) is 0. The van der Waals surface area contributed by atoms with Crippen molar-refractivity contribution in [2.24, 2.45) is 0 Å². The lowest BCUT2D eigenvalue weighted by Gasteiger charge is -2.37. The van der Waals surface area contributed by atoms with Crippen LogP contribution in [0.1, 0.15) is 0 Å². The van der Waals surface area contributed by atoms with Gasteiger partial charge in [-0.15, -0.1) is 0 Å². The van der Waals surface area contributed by atoms with Gasteiger partial charge in [0.05, 0.1) is 28.2 Å². The van der Waals surface area contributed by atoms with Crippen molar-refractivity contribution < 1.29 is 65.7 Å². The van der Waals surface area contributed by atoms with Gasteiger partial charge in [-0.05, 0) is 0 Å². The number of quaternary nitrogens is 1. The SMILES string of the molecule is C[N+](C)(C)C.O=S(=O)([O-])C(F)(F)C(F)(F)C(F)(F)C(F)(F)C(F)(F)F. The maximum atomic E-state index is 12.4. The highest BCUT2D eigenvalue weighted by Crippen LogP contribution is 2.58. The van der Waals surface area contributed by atoms with E-state index >= 15 is 0 Å². The summed E-state index contributed by atoms with van der Waals surface area (Å²) in [5.41, 5.74) is 0. The summed E-state index contributed by atoms with van der Waals surface area (Å²) in [6.07, 6.45) is -7.41. The normalized spacial score (nSPS) is 15.5. The first-order valence-corrected chi connectivity index (χ1v) is 6.98. The average molecular weight is 423 g/mol. The van der Waals surface area contributed by atoms with E-state index in [0.29, 0.717) is 0 Å². The van der Waals surface area contributed by atoms with Crippen LogP contribution in [0.2, 0.25) is 0 Å². The molecule has 0 saturated heterocycles. The lowest BCUT2D eigenvalue weighted by molar-refractivity contribution is -0.849. The molecule has 0 aromatic rings. The van der Waals surface area contributed by atoms with Crippen molar-refractivity contribution >= 4 is 10.1 Å². The van der Waals surface area contributed by atoms with Gasteiger partial charge in [-0.3, -0.25) is 0 Å². The van der Waals surface area contributed by atoms with E-state index in [-0.39, 0.29) is 0 Å². The van der Waals surface area contributed by atoms with Gasteiger partial charge in [0.2, 0.25) is 0 Å². The molecule has 0 bridgehead atoms. The highest BCUT2D eigenvalue weighted by atomic mass is 32.2. The van der Waals surface area contributed by atoms with E-state index in [1.807, 2.05) is 0 Å². The molecular weight excluding hydrogens is 411 g/mol. The van der Waals surface area contributed by atoms with E-state index < -0.39 is 39.3 Å². The molecule has 0 saturated carbocycles. The Morgan fingerprint density at radius 3 is 1.04 bits per heavy atom. The summed E-state index contributed by atoms with van der Waals surface area (Å²) >= 11 is 0. The highest BCUT2D eigenvalue weighted by molar-refractivity contribution is 7.86. The van der Waals surface area contributed by atoms with Gasteiger partial charge in [0, 0.05) is 0 Å². The molecule has 0 aliphatic rings. The topological polar surface area (TPSA) is 57.2 Å². The van der Waals surface area contributed by atoms with Crippen molar-refractivity contribution in [3.05, 3.63) is 0 Å². The number of alkyl halides is 11. The third-order valence-corrected chi connectivity index (χ3v) is 2.71. The Kier molecular flexibility index (Phi) is 7.03. The molecule has 0 heterocycles. The molecule has 0 fully saturated rings. The van der Waals surface area contributed by atoms with Crippen LogP contribution in [-0.2, 0) is 10.1 Å². The van der Waals surface area contributed by atoms with E-state index in [2.05, 4.69) is 28.2 Å². The van der Waals surface area contributed by atoms with Crippen molar-refractivity contribution in [3.8, 4) is 0 Å². The maximum absolute atomic E-state index is 12.4. The van der Waals surface area contributed by atoms with Gasteiger partial charge in [0.25, 0.3) is 0 Å². The molecule has 0 radical (unpaired) electrons. The fraction of sp³-hybridized carbons (Fsp3) is 1.00. The molecule has 0 amide bonds. The maximum Gasteiger partial charge on any atom is 0.460 e. The van der Waals surface area contributed by atoms with Crippen molar-refractivity contribution in [3.63, 3.8) is 0 Å². The third-order valence-electron chi connectivity index (χ3n) is 1.82. The minimum absolute atomic E-state index is 1.00. The van der Waals surface area contributed by atoms with Gasteiger partial charge >= 0.3 is 29.2 Å². The van der Waals surface area contributed by atoms with Gasteiger partial charge in [-0.1, -0.05) is 0 Å². The van der Waals surface area contributed by atoms with Crippen LogP contribution < -0.4 is 0 Å². The van der Waals surface area contributed by atoms with E-state index in [1.54, 1.807) is 0 Å². The van der Waals surface area contributed by atoms with Crippen LogP contribution in [0.4, 0.5) is 48.3 Å². The standard InChI is InChI=1S/C5HF11O3S.C4H12N/c6-1(7,2(8,9)4(12,13)14)3(10,11)5(15,16)20(17,18)19;1-5(2,3)4/h(H,17,18,19);1-4H3/q;+1/p-1. The fourth-order valence-electron chi connectivity index (χ4n) is 0.715. The number of halogens is 11. The lowest BCUT2D eigenvalue weighted by Crippen LogP contribution is -2.67. The first-order valence-electron chi connectivity index (χ1n) is 5.57. The first kappa shape index (κ1) is 26.3. The molecule has 154 valence electrons. The molecule has 0 aromatic heterocycles. The number of hydrogen-bond acceptors (Lipinski definition) is 3. The van der Waals surface area contributed by atoms with Crippen LogP contribution >= 0.6 is 0 Å². The van der Waals surface area contributed by atoms with E-state index in [1.165, 1.54) is 0 Å². The first-order chi connectivity index (χ1) is 10.2. The van der Waals surface area contributed by atoms with Crippen LogP contribution in [-0.4, -0.2) is 74.8 Å². The summed E-state index contributed by atoms with van der Waals surface area (Å²) in [5.74, 6) is -23.4. The zero-order chi connectivity index (χ0) is 21.5. The van der Waals surface area contributed by atoms with Gasteiger partial charge in [-0.2, -0.15) is 48.3 Å². The molecule has 0 unspecified atom stereocenters. The molecule has 0 atom stereocenters. The van der Waals surface area contributed by atoms with E-state index in [4.69, 9.17) is 0 Å². The molecule has 4 nitrogen and oxygen atoms in total. The predicted octanol–water partition coefficient (Wildman–Crippen LogP) is 2.92. The Labute approximate surface area is 134 Å². The van der Waals surface area contributed by atoms with Gasteiger partial charge < -0.3 is 9.04 Å². The minimum atomic E-state index is -7.90. The molecular formula is C9H12F11NO3S. The molecule has 0 rings (SSSR count). The second-order valence-electron chi connectivity index (χ2n) is 5.88. The summed E-state index contributed by atoms with van der Waals surface area (Å²) in [4.78, 5) is 0. The molecule has 25 heavy (non-hydrogen) atoms. The zero-order valence-corrected chi connectivity index (χ0v) is 13.6. The van der Waals surface area contributed by atoms with Crippen LogP contribution in [0.15, 0.2) is 0 Å². The molecule has 0 aromatic carbocycles. The largest absolute Gasteiger partial charge is 0.743 e. The molecule has 16 heteroatoms. The van der Waals surface area contributed by atoms with Crippen molar-refractivity contribution in [1.82, 2.24) is 0 Å². The average Bonchev–Trinajstić information content (AvgIpc) is 2.22. The Morgan fingerprint density at radius 2 is 0.880 bits per heavy atom. The predicted molar refractivity (Wildman–Crippen MR) is 59.5 cm³/mol. The van der Waals surface area contributed by atoms with Crippen molar-refractivity contribution in [2.75, 3.05) is 28.2 Å². The fourth-order valence-corrected chi connectivity index (χ4v) is 1.16. The smallest absolute Gasteiger partial charge is 0.460 e. The molecule has 0 spiro atoms. The van der Waals surface area contributed by atoms with Crippen molar-refractivity contribution in [1.29, 1.82) is 0 Å². The third kappa shape index (κ3) is 5.29. The van der Waals surface area contributed by atoms with Crippen LogP contribution in [0.5, 0.6) is 0 Å². The number of nitrogens with zero attached hydrogens (tertiary/aromatic N) is 1. The van der Waals surface area contributed by atoms with E-state index in [0.717, 1.165) is 4.48 Å². The second kappa shape index (κ2) is 6.68. The summed E-state index contributed by atoms with van der Waals surface area (Å²) in [7, 11) is 0.837. The van der Waals surface area contributed by atoms with Gasteiger partial charge in [0.1, 0.15) is 0 Å². The Morgan fingerprint density at radius 1 is 0.640 bits per heavy atom. The van der Waals surface area contributed by atoms with Gasteiger partial charge in [-0.25, -0.2) is 8.42 Å². The van der Waals surface area contributed by atoms with Crippen LogP contribution in [0.25, 0.3) is 0 Å². The van der Waals surface area contributed by atoms with Gasteiger partial charge in [0.15, 0.2) is 10.1 Å². The van der Waals surface area contributed by atoms with Crippen molar-refractivity contribution in [2.45, 2.75) is 29.2 Å². The summed E-state index contributed by atoms with van der Waals surface area (Å²) in [6.45, 7) is 0. The zero-order valence-electron chi connectivity index (χ0n) is 12.7. The number of rotatable bonds is 4. The summed E-state index contributed by atoms with van der Waals surface area (Å²) in [6, 6.07) is 0. The monoisotopic (exact) mass is 423 g/mol. The summed E-state index contributed by atoms with van der Waals surface area (Å²) < 4.78 is 163. The molecule has 0 aliphatic heterocycles. The molecule has 0 N–H and O–H groups in total. The quantitative estimate of drug-likeness (QED) is 0.397. The minimum Gasteiger partial charge on any atom is -0.743 e. The second-order valence-corrected chi connectivity index (χ2v) is 7.30. The highest BCUT2D eigenvalue weighted by Gasteiger charge is 2.88. The van der Waals surface area contributed by atoms with Crippen LogP contribution in [0.3, 0.4) is 0 Å². The Bertz CT molecular complexity index is 556. The van der Waals surface area contributed by atoms with Crippen LogP contribution in [0, 0.1) is 0 Å².